The molecule has 0 atom stereocenters. The Bertz CT molecular complexity index is 313. The molecule has 0 aromatic heterocycles. The van der Waals surface area contributed by atoms with Crippen molar-refractivity contribution < 1.29 is 9.57 Å². The molecule has 1 heterocycles. The van der Waals surface area contributed by atoms with Crippen LogP contribution in [0.4, 0.5) is 0 Å². The van der Waals surface area contributed by atoms with Crippen LogP contribution in [0.1, 0.15) is 11.1 Å². The van der Waals surface area contributed by atoms with Gasteiger partial charge in [-0.05, 0) is 11.1 Å². The summed E-state index contributed by atoms with van der Waals surface area (Å²) in [4.78, 5) is 5.55. The van der Waals surface area contributed by atoms with Crippen molar-refractivity contribution in [3.8, 4) is 0 Å². The maximum atomic E-state index is 5.55. The number of hydrogen-bond acceptors (Lipinski definition) is 3. The van der Waals surface area contributed by atoms with Crippen LogP contribution in [0.2, 0.25) is 0 Å². The zero-order valence-electron chi connectivity index (χ0n) is 8.69. The number of ether oxygens (including phenoxy) is 1. The minimum absolute atomic E-state index is 0.552. The lowest BCUT2D eigenvalue weighted by Gasteiger charge is -2.14. The number of hydroxylamine groups is 2. The van der Waals surface area contributed by atoms with Gasteiger partial charge in [-0.15, -0.1) is 0 Å². The molecular formula is C12H15NO2. The molecule has 80 valence electrons. The summed E-state index contributed by atoms with van der Waals surface area (Å²) < 4.78 is 4.98. The highest BCUT2D eigenvalue weighted by Gasteiger charge is 2.18. The van der Waals surface area contributed by atoms with Gasteiger partial charge in [-0.3, -0.25) is 4.84 Å². The Kier molecular flexibility index (Phi) is 3.37. The molecule has 1 aliphatic rings. The smallest absolute Gasteiger partial charge is 0.113 e. The molecule has 0 amide bonds. The molecule has 3 heteroatoms. The second-order valence-electron chi connectivity index (χ2n) is 3.44. The van der Waals surface area contributed by atoms with Crippen LogP contribution >= 0.6 is 0 Å². The molecule has 0 radical (unpaired) electrons. The van der Waals surface area contributed by atoms with Crippen molar-refractivity contribution >= 4 is 0 Å². The third-order valence-electron chi connectivity index (χ3n) is 2.40. The molecule has 0 aliphatic carbocycles. The molecule has 0 bridgehead atoms. The molecule has 2 rings (SSSR count). The van der Waals surface area contributed by atoms with Crippen molar-refractivity contribution in [2.24, 2.45) is 0 Å². The summed E-state index contributed by atoms with van der Waals surface area (Å²) >= 11 is 0. The van der Waals surface area contributed by atoms with Gasteiger partial charge in [-0.25, -0.2) is 0 Å². The van der Waals surface area contributed by atoms with Gasteiger partial charge in [0.15, 0.2) is 0 Å². The summed E-state index contributed by atoms with van der Waals surface area (Å²) in [6, 6.07) is 8.39. The van der Waals surface area contributed by atoms with Gasteiger partial charge in [-0.1, -0.05) is 30.8 Å². The molecule has 0 spiro atoms. The van der Waals surface area contributed by atoms with Crippen molar-refractivity contribution in [1.29, 1.82) is 0 Å². The monoisotopic (exact) mass is 205 g/mol. The van der Waals surface area contributed by atoms with E-state index in [1.165, 1.54) is 17.4 Å². The van der Waals surface area contributed by atoms with E-state index in [4.69, 9.17) is 9.57 Å². The van der Waals surface area contributed by atoms with Crippen LogP contribution in [0.5, 0.6) is 0 Å². The average molecular weight is 205 g/mol. The normalized spacial score (nSPS) is 14.9. The van der Waals surface area contributed by atoms with Gasteiger partial charge in [0.2, 0.25) is 0 Å². The third-order valence-corrected chi connectivity index (χ3v) is 2.40. The van der Waals surface area contributed by atoms with Crippen molar-refractivity contribution in [3.05, 3.63) is 48.2 Å². The first-order valence-corrected chi connectivity index (χ1v) is 5.07. The maximum Gasteiger partial charge on any atom is 0.113 e. The van der Waals surface area contributed by atoms with Crippen molar-refractivity contribution in [2.45, 2.75) is 13.1 Å². The van der Waals surface area contributed by atoms with Gasteiger partial charge in [0.05, 0.1) is 6.26 Å². The summed E-state index contributed by atoms with van der Waals surface area (Å²) in [7, 11) is 0. The van der Waals surface area contributed by atoms with Crippen LogP contribution in [-0.4, -0.2) is 18.3 Å². The highest BCUT2D eigenvalue weighted by molar-refractivity contribution is 5.29. The number of benzene rings is 1. The lowest BCUT2D eigenvalue weighted by Crippen LogP contribution is -2.19. The van der Waals surface area contributed by atoms with Crippen molar-refractivity contribution in [3.63, 3.8) is 0 Å². The summed E-state index contributed by atoms with van der Waals surface area (Å²) in [5.41, 5.74) is 2.70. The Hall–Kier alpha value is -1.32. The first kappa shape index (κ1) is 10.2. The van der Waals surface area contributed by atoms with Gasteiger partial charge < -0.3 is 4.74 Å². The number of hydrogen-bond donors (Lipinski definition) is 0. The molecule has 0 saturated heterocycles. The SMILES string of the molecule is C=COCCON1Cc2ccccc2C1. The Morgan fingerprint density at radius 1 is 1.20 bits per heavy atom. The van der Waals surface area contributed by atoms with E-state index in [2.05, 4.69) is 30.8 Å². The Morgan fingerprint density at radius 2 is 1.87 bits per heavy atom. The maximum absolute atomic E-state index is 5.55. The standard InChI is InChI=1S/C12H15NO2/c1-2-14-7-8-15-13-9-11-5-3-4-6-12(11)10-13/h2-6H,1,7-10H2. The van der Waals surface area contributed by atoms with Gasteiger partial charge in [0.25, 0.3) is 0 Å². The fraction of sp³-hybridized carbons (Fsp3) is 0.333. The number of nitrogens with zero attached hydrogens (tertiary/aromatic N) is 1. The fourth-order valence-electron chi connectivity index (χ4n) is 1.69. The molecule has 3 nitrogen and oxygen atoms in total. The minimum Gasteiger partial charge on any atom is -0.499 e. The second kappa shape index (κ2) is 4.96. The molecule has 0 N–H and O–H groups in total. The molecule has 0 fully saturated rings. The van der Waals surface area contributed by atoms with E-state index in [0.717, 1.165) is 13.1 Å². The van der Waals surface area contributed by atoms with Crippen molar-refractivity contribution in [2.75, 3.05) is 13.2 Å². The topological polar surface area (TPSA) is 21.7 Å². The highest BCUT2D eigenvalue weighted by Crippen LogP contribution is 2.21. The van der Waals surface area contributed by atoms with E-state index in [9.17, 15) is 0 Å². The van der Waals surface area contributed by atoms with E-state index < -0.39 is 0 Å². The van der Waals surface area contributed by atoms with Crippen LogP contribution in [0.3, 0.4) is 0 Å². The molecule has 1 aliphatic heterocycles. The molecule has 0 unspecified atom stereocenters. The van der Waals surface area contributed by atoms with E-state index in [1.54, 1.807) is 0 Å². The van der Waals surface area contributed by atoms with Crippen LogP contribution in [0, 0.1) is 0 Å². The summed E-state index contributed by atoms with van der Waals surface area (Å²) in [6.07, 6.45) is 1.43. The number of fused-ring (bicyclic) bond motifs is 1. The largest absolute Gasteiger partial charge is 0.499 e. The van der Waals surface area contributed by atoms with Crippen LogP contribution in [0.15, 0.2) is 37.1 Å². The zero-order chi connectivity index (χ0) is 10.5. The molecule has 15 heavy (non-hydrogen) atoms. The third kappa shape index (κ3) is 2.58. The highest BCUT2D eigenvalue weighted by atomic mass is 16.7. The summed E-state index contributed by atoms with van der Waals surface area (Å²) in [6.45, 7) is 6.32. The number of rotatable bonds is 5. The van der Waals surface area contributed by atoms with Gasteiger partial charge in [0.1, 0.15) is 13.2 Å². The lowest BCUT2D eigenvalue weighted by molar-refractivity contribution is -0.172. The molecule has 1 aromatic carbocycles. The summed E-state index contributed by atoms with van der Waals surface area (Å²) in [5.74, 6) is 0. The van der Waals surface area contributed by atoms with E-state index in [-0.39, 0.29) is 0 Å². The molecule has 1 aromatic rings. The second-order valence-corrected chi connectivity index (χ2v) is 3.44. The fourth-order valence-corrected chi connectivity index (χ4v) is 1.69. The van der Waals surface area contributed by atoms with Gasteiger partial charge in [-0.2, -0.15) is 5.06 Å². The predicted molar refractivity (Wildman–Crippen MR) is 57.8 cm³/mol. The Labute approximate surface area is 89.9 Å². The molecular weight excluding hydrogens is 190 g/mol. The van der Waals surface area contributed by atoms with Gasteiger partial charge >= 0.3 is 0 Å². The van der Waals surface area contributed by atoms with E-state index >= 15 is 0 Å². The summed E-state index contributed by atoms with van der Waals surface area (Å²) in [5, 5.41) is 1.96. The van der Waals surface area contributed by atoms with Crippen molar-refractivity contribution in [1.82, 2.24) is 5.06 Å². The van der Waals surface area contributed by atoms with Crippen LogP contribution in [0.25, 0.3) is 0 Å². The first-order chi connectivity index (χ1) is 7.40. The Balaban J connectivity index is 1.78. The first-order valence-electron chi connectivity index (χ1n) is 5.07. The lowest BCUT2D eigenvalue weighted by atomic mass is 10.1. The average Bonchev–Trinajstić information content (AvgIpc) is 2.67. The minimum atomic E-state index is 0.552. The zero-order valence-corrected chi connectivity index (χ0v) is 8.69. The quantitative estimate of drug-likeness (QED) is 0.542. The van der Waals surface area contributed by atoms with Gasteiger partial charge in [0, 0.05) is 13.1 Å². The van der Waals surface area contributed by atoms with E-state index in [1.807, 2.05) is 5.06 Å². The van der Waals surface area contributed by atoms with Crippen LogP contribution < -0.4 is 0 Å². The molecule has 0 saturated carbocycles. The van der Waals surface area contributed by atoms with E-state index in [0.29, 0.717) is 13.2 Å². The predicted octanol–water partition coefficient (Wildman–Crippen LogP) is 2.09. The Morgan fingerprint density at radius 3 is 2.47 bits per heavy atom. The van der Waals surface area contributed by atoms with Crippen LogP contribution in [-0.2, 0) is 22.7 Å².